The molecule has 0 unspecified atom stereocenters. The van der Waals surface area contributed by atoms with Gasteiger partial charge in [0.1, 0.15) is 0 Å². The van der Waals surface area contributed by atoms with Gasteiger partial charge in [0.25, 0.3) is 5.91 Å². The van der Waals surface area contributed by atoms with Crippen LogP contribution in [0.3, 0.4) is 0 Å². The molecule has 1 N–H and O–H groups in total. The maximum absolute atomic E-state index is 12.3. The maximum atomic E-state index is 12.3. The van der Waals surface area contributed by atoms with Gasteiger partial charge in [-0.25, -0.2) is 0 Å². The van der Waals surface area contributed by atoms with Crippen molar-refractivity contribution in [1.82, 2.24) is 9.78 Å². The first-order chi connectivity index (χ1) is 11.8. The molecule has 1 amide bonds. The highest BCUT2D eigenvalue weighted by atomic mass is 79.9. The summed E-state index contributed by atoms with van der Waals surface area (Å²) in [6.45, 7) is 2.34. The van der Waals surface area contributed by atoms with Crippen LogP contribution in [-0.2, 0) is 6.54 Å². The van der Waals surface area contributed by atoms with Gasteiger partial charge in [-0.1, -0.05) is 29.3 Å². The number of aromatic nitrogens is 2. The molecule has 0 aliphatic heterocycles. The zero-order valence-corrected chi connectivity index (χ0v) is 18.3. The Bertz CT molecular complexity index is 915. The first kappa shape index (κ1) is 18.9. The summed E-state index contributed by atoms with van der Waals surface area (Å²) in [5.41, 5.74) is 1.68. The largest absolute Gasteiger partial charge is 0.304 e. The van der Waals surface area contributed by atoms with Gasteiger partial charge in [0, 0.05) is 31.8 Å². The Hall–Kier alpha value is -0.860. The Morgan fingerprint density at radius 3 is 2.56 bits per heavy atom. The number of aryl methyl sites for hydroxylation is 1. The number of benzene rings is 1. The number of hydrogen-bond donors (Lipinski definition) is 1. The van der Waals surface area contributed by atoms with Crippen molar-refractivity contribution in [3.05, 3.63) is 64.8 Å². The zero-order chi connectivity index (χ0) is 18.1. The summed E-state index contributed by atoms with van der Waals surface area (Å²) < 4.78 is 3.47. The lowest BCUT2D eigenvalue weighted by molar-refractivity contribution is 0.103. The fourth-order valence-electron chi connectivity index (χ4n) is 2.20. The van der Waals surface area contributed by atoms with E-state index in [4.69, 9.17) is 23.2 Å². The van der Waals surface area contributed by atoms with Crippen molar-refractivity contribution in [2.24, 2.45) is 0 Å². The summed E-state index contributed by atoms with van der Waals surface area (Å²) in [7, 11) is 0. The molecule has 2 aromatic heterocycles. The molecule has 25 heavy (non-hydrogen) atoms. The number of hydrogen-bond acceptors (Lipinski definition) is 3. The fourth-order valence-corrected chi connectivity index (χ4v) is 4.65. The lowest BCUT2D eigenvalue weighted by Gasteiger charge is -2.08. The van der Waals surface area contributed by atoms with E-state index in [-0.39, 0.29) is 5.91 Å². The van der Waals surface area contributed by atoms with E-state index in [0.717, 1.165) is 19.5 Å². The third-order valence-corrected chi connectivity index (χ3v) is 7.42. The number of nitrogens with one attached hydrogen (secondary N) is 1. The summed E-state index contributed by atoms with van der Waals surface area (Å²) in [6, 6.07) is 8.94. The summed E-state index contributed by atoms with van der Waals surface area (Å²) >= 11 is 20.5. The van der Waals surface area contributed by atoms with Crippen molar-refractivity contribution < 1.29 is 4.79 Å². The van der Waals surface area contributed by atoms with Crippen LogP contribution in [0.2, 0.25) is 10.0 Å². The Balaban J connectivity index is 1.79. The molecular formula is C16H11Br2Cl2N3OS. The molecule has 0 spiro atoms. The molecular weight excluding hydrogens is 513 g/mol. The molecule has 0 radical (unpaired) electrons. The van der Waals surface area contributed by atoms with Gasteiger partial charge in [-0.2, -0.15) is 5.10 Å². The summed E-state index contributed by atoms with van der Waals surface area (Å²) in [5.74, 6) is 0.267. The lowest BCUT2D eigenvalue weighted by atomic mass is 10.2. The van der Waals surface area contributed by atoms with Gasteiger partial charge < -0.3 is 5.32 Å². The fraction of sp³-hybridized carbons (Fsp3) is 0.125. The standard InChI is InChI=1S/C16H11Br2Cl2N3OS/c1-8-5-14(21-16(24)13-6-10(17)15(18)25-13)22-23(8)7-9-11(19)3-2-4-12(9)20/h2-6H,7H2,1H3,(H,21,22,24). The number of thiophene rings is 1. The molecule has 0 aliphatic rings. The Morgan fingerprint density at radius 1 is 1.28 bits per heavy atom. The van der Waals surface area contributed by atoms with Crippen LogP contribution < -0.4 is 5.32 Å². The minimum absolute atomic E-state index is 0.211. The van der Waals surface area contributed by atoms with E-state index in [1.54, 1.807) is 35.0 Å². The summed E-state index contributed by atoms with van der Waals surface area (Å²) in [6.07, 6.45) is 0. The van der Waals surface area contributed by atoms with Crippen LogP contribution in [-0.4, -0.2) is 15.7 Å². The first-order valence-electron chi connectivity index (χ1n) is 7.08. The molecule has 0 bridgehead atoms. The minimum Gasteiger partial charge on any atom is -0.304 e. The first-order valence-corrected chi connectivity index (χ1v) is 10.2. The Morgan fingerprint density at radius 2 is 1.96 bits per heavy atom. The van der Waals surface area contributed by atoms with Gasteiger partial charge in [0.2, 0.25) is 0 Å². The van der Waals surface area contributed by atoms with Crippen LogP contribution in [0.1, 0.15) is 20.9 Å². The molecule has 4 nitrogen and oxygen atoms in total. The van der Waals surface area contributed by atoms with Gasteiger partial charge >= 0.3 is 0 Å². The van der Waals surface area contributed by atoms with Crippen molar-refractivity contribution in [3.63, 3.8) is 0 Å². The molecule has 0 saturated heterocycles. The minimum atomic E-state index is -0.211. The van der Waals surface area contributed by atoms with Crippen LogP contribution in [0.25, 0.3) is 0 Å². The molecule has 0 saturated carbocycles. The predicted octanol–water partition coefficient (Wildman–Crippen LogP) is 6.39. The molecule has 1 aromatic carbocycles. The molecule has 3 aromatic rings. The molecule has 0 fully saturated rings. The van der Waals surface area contributed by atoms with Crippen LogP contribution in [0.15, 0.2) is 38.6 Å². The maximum Gasteiger partial charge on any atom is 0.267 e. The van der Waals surface area contributed by atoms with E-state index >= 15 is 0 Å². The highest BCUT2D eigenvalue weighted by Gasteiger charge is 2.15. The molecule has 0 atom stereocenters. The highest BCUT2D eigenvalue weighted by Crippen LogP contribution is 2.32. The van der Waals surface area contributed by atoms with Crippen LogP contribution in [0.4, 0.5) is 5.82 Å². The second kappa shape index (κ2) is 7.80. The summed E-state index contributed by atoms with van der Waals surface area (Å²) in [4.78, 5) is 12.9. The normalized spacial score (nSPS) is 10.9. The number of rotatable bonds is 4. The smallest absolute Gasteiger partial charge is 0.267 e. The van der Waals surface area contributed by atoms with E-state index in [9.17, 15) is 4.79 Å². The average molecular weight is 524 g/mol. The lowest BCUT2D eigenvalue weighted by Crippen LogP contribution is -2.11. The molecule has 130 valence electrons. The van der Waals surface area contributed by atoms with Gasteiger partial charge in [-0.15, -0.1) is 11.3 Å². The second-order valence-corrected chi connectivity index (χ2v) is 9.25. The van der Waals surface area contributed by atoms with Crippen molar-refractivity contribution in [2.45, 2.75) is 13.5 Å². The zero-order valence-electron chi connectivity index (χ0n) is 12.8. The Kier molecular flexibility index (Phi) is 5.90. The monoisotopic (exact) mass is 521 g/mol. The van der Waals surface area contributed by atoms with Crippen molar-refractivity contribution in [1.29, 1.82) is 0 Å². The van der Waals surface area contributed by atoms with Crippen LogP contribution in [0, 0.1) is 6.92 Å². The second-order valence-electron chi connectivity index (χ2n) is 5.22. The number of anilines is 1. The summed E-state index contributed by atoms with van der Waals surface area (Å²) in [5, 5.41) is 8.41. The van der Waals surface area contributed by atoms with Crippen molar-refractivity contribution in [3.8, 4) is 0 Å². The van der Waals surface area contributed by atoms with Gasteiger partial charge in [0.05, 0.1) is 15.2 Å². The van der Waals surface area contributed by atoms with Gasteiger partial charge in [0.15, 0.2) is 5.82 Å². The average Bonchev–Trinajstić information content (AvgIpc) is 3.06. The van der Waals surface area contributed by atoms with Crippen molar-refractivity contribution in [2.75, 3.05) is 5.32 Å². The van der Waals surface area contributed by atoms with E-state index in [1.165, 1.54) is 11.3 Å². The third-order valence-electron chi connectivity index (χ3n) is 3.46. The SMILES string of the molecule is Cc1cc(NC(=O)c2cc(Br)c(Br)s2)nn1Cc1c(Cl)cccc1Cl. The predicted molar refractivity (Wildman–Crippen MR) is 110 cm³/mol. The molecule has 0 aliphatic carbocycles. The Labute approximate surface area is 175 Å². The van der Waals surface area contributed by atoms with E-state index < -0.39 is 0 Å². The highest BCUT2D eigenvalue weighted by molar-refractivity contribution is 9.13. The van der Waals surface area contributed by atoms with Crippen LogP contribution >= 0.6 is 66.4 Å². The third kappa shape index (κ3) is 4.28. The number of amides is 1. The van der Waals surface area contributed by atoms with Crippen LogP contribution in [0.5, 0.6) is 0 Å². The molecule has 3 rings (SSSR count). The topological polar surface area (TPSA) is 46.9 Å². The number of halogens is 4. The number of carbonyl (C=O) groups is 1. The van der Waals surface area contributed by atoms with E-state index in [0.29, 0.717) is 27.3 Å². The van der Waals surface area contributed by atoms with E-state index in [2.05, 4.69) is 42.3 Å². The number of carbonyl (C=O) groups excluding carboxylic acids is 1. The van der Waals surface area contributed by atoms with Gasteiger partial charge in [-0.3, -0.25) is 9.48 Å². The molecule has 9 heteroatoms. The molecule has 2 heterocycles. The van der Waals surface area contributed by atoms with E-state index in [1.807, 2.05) is 6.92 Å². The van der Waals surface area contributed by atoms with Crippen molar-refractivity contribution >= 4 is 78.1 Å². The quantitative estimate of drug-likeness (QED) is 0.431. The number of nitrogens with zero attached hydrogens (tertiary/aromatic N) is 2. The van der Waals surface area contributed by atoms with Gasteiger partial charge in [-0.05, 0) is 57.0 Å².